The summed E-state index contributed by atoms with van der Waals surface area (Å²) in [7, 11) is 0. The van der Waals surface area contributed by atoms with Gasteiger partial charge in [-0.25, -0.2) is 0 Å². The van der Waals surface area contributed by atoms with Crippen LogP contribution in [0, 0.1) is 5.92 Å². The van der Waals surface area contributed by atoms with E-state index in [0.29, 0.717) is 0 Å². The number of hydrogen-bond acceptors (Lipinski definition) is 3. The molecule has 3 N–H and O–H groups in total. The Balaban J connectivity index is 2.72. The Morgan fingerprint density at radius 1 is 1.62 bits per heavy atom. The van der Waals surface area contributed by atoms with E-state index in [1.165, 1.54) is 18.6 Å². The first-order valence-electron chi connectivity index (χ1n) is 2.86. The Hall–Kier alpha value is 0.270. The van der Waals surface area contributed by atoms with E-state index in [1.807, 2.05) is 0 Å². The molecule has 0 unspecified atom stereocenters. The van der Waals surface area contributed by atoms with Crippen LogP contribution in [0.5, 0.6) is 0 Å². The van der Waals surface area contributed by atoms with Crippen LogP contribution in [-0.4, -0.2) is 6.54 Å². The highest BCUT2D eigenvalue weighted by Gasteiger charge is 1.90. The van der Waals surface area contributed by atoms with Gasteiger partial charge in [0.25, 0.3) is 0 Å². The van der Waals surface area contributed by atoms with Crippen LogP contribution in [0.4, 0.5) is 0 Å². The Morgan fingerprint density at radius 3 is 2.62 bits per heavy atom. The molecule has 8 heavy (non-hydrogen) atoms. The topological polar surface area (TPSA) is 38.0 Å². The van der Waals surface area contributed by atoms with Gasteiger partial charge in [-0.1, -0.05) is 13.8 Å². The van der Waals surface area contributed by atoms with Crippen molar-refractivity contribution < 1.29 is 0 Å². The molecule has 50 valence electrons. The van der Waals surface area contributed by atoms with Crippen molar-refractivity contribution in [1.29, 1.82) is 0 Å². The summed E-state index contributed by atoms with van der Waals surface area (Å²) in [6.07, 6.45) is 1.20. The van der Waals surface area contributed by atoms with Crippen LogP contribution in [0.3, 0.4) is 0 Å². The smallest absolute Gasteiger partial charge is 0.00728 e. The SMILES string of the molecule is CC(C)CCNSN. The summed E-state index contributed by atoms with van der Waals surface area (Å²) in [6, 6.07) is 0. The van der Waals surface area contributed by atoms with Gasteiger partial charge in [-0.3, -0.25) is 9.86 Å². The summed E-state index contributed by atoms with van der Waals surface area (Å²) in [4.78, 5) is 0. The van der Waals surface area contributed by atoms with Gasteiger partial charge in [0, 0.05) is 18.7 Å². The highest BCUT2D eigenvalue weighted by molar-refractivity contribution is 7.95. The van der Waals surface area contributed by atoms with Gasteiger partial charge in [0.05, 0.1) is 0 Å². The van der Waals surface area contributed by atoms with Crippen LogP contribution >= 0.6 is 12.1 Å². The maximum Gasteiger partial charge on any atom is 0.00728 e. The van der Waals surface area contributed by atoms with Gasteiger partial charge in [0.1, 0.15) is 0 Å². The Bertz CT molecular complexity index is 47.7. The average Bonchev–Trinajstić information content (AvgIpc) is 1.66. The zero-order valence-corrected chi connectivity index (χ0v) is 6.29. The highest BCUT2D eigenvalue weighted by Crippen LogP contribution is 1.96. The minimum Gasteiger partial charge on any atom is -0.264 e. The predicted molar refractivity (Wildman–Crippen MR) is 39.2 cm³/mol. The van der Waals surface area contributed by atoms with Gasteiger partial charge in [0.15, 0.2) is 0 Å². The lowest BCUT2D eigenvalue weighted by atomic mass is 10.1. The first-order chi connectivity index (χ1) is 3.77. The van der Waals surface area contributed by atoms with E-state index in [1.54, 1.807) is 0 Å². The van der Waals surface area contributed by atoms with Crippen LogP contribution in [-0.2, 0) is 0 Å². The fourth-order valence-electron chi connectivity index (χ4n) is 0.407. The molecule has 0 saturated carbocycles. The van der Waals surface area contributed by atoms with Gasteiger partial charge in [-0.2, -0.15) is 0 Å². The molecule has 3 heteroatoms. The second-order valence-electron chi connectivity index (χ2n) is 2.19. The average molecular weight is 134 g/mol. The lowest BCUT2D eigenvalue weighted by Crippen LogP contribution is -2.10. The fraction of sp³-hybridized carbons (Fsp3) is 1.00. The quantitative estimate of drug-likeness (QED) is 0.447. The Kier molecular flexibility index (Phi) is 5.59. The third kappa shape index (κ3) is 6.27. The molecule has 0 aliphatic rings. The Morgan fingerprint density at radius 2 is 2.25 bits per heavy atom. The second-order valence-corrected chi connectivity index (χ2v) is 2.72. The molecule has 0 bridgehead atoms. The highest BCUT2D eigenvalue weighted by atomic mass is 32.2. The molecule has 0 fully saturated rings. The van der Waals surface area contributed by atoms with Gasteiger partial charge in [-0.15, -0.1) is 0 Å². The molecule has 0 aromatic carbocycles. The van der Waals surface area contributed by atoms with Crippen molar-refractivity contribution in [3.63, 3.8) is 0 Å². The monoisotopic (exact) mass is 134 g/mol. The molecule has 0 rings (SSSR count). The van der Waals surface area contributed by atoms with Gasteiger partial charge in [-0.05, 0) is 12.3 Å². The summed E-state index contributed by atoms with van der Waals surface area (Å²) in [5, 5.41) is 5.12. The lowest BCUT2D eigenvalue weighted by Gasteiger charge is -2.01. The van der Waals surface area contributed by atoms with Gasteiger partial charge >= 0.3 is 0 Å². The maximum atomic E-state index is 5.12. The van der Waals surface area contributed by atoms with E-state index < -0.39 is 0 Å². The van der Waals surface area contributed by atoms with Crippen molar-refractivity contribution in [1.82, 2.24) is 4.72 Å². The van der Waals surface area contributed by atoms with Crippen LogP contribution in [0.2, 0.25) is 0 Å². The summed E-state index contributed by atoms with van der Waals surface area (Å²) >= 11 is 1.19. The van der Waals surface area contributed by atoms with Crippen molar-refractivity contribution in [2.45, 2.75) is 20.3 Å². The van der Waals surface area contributed by atoms with E-state index in [-0.39, 0.29) is 0 Å². The van der Waals surface area contributed by atoms with Gasteiger partial charge in [0.2, 0.25) is 0 Å². The molecule has 0 amide bonds. The second kappa shape index (κ2) is 5.41. The van der Waals surface area contributed by atoms with E-state index in [4.69, 9.17) is 5.14 Å². The van der Waals surface area contributed by atoms with E-state index in [9.17, 15) is 0 Å². The van der Waals surface area contributed by atoms with Crippen molar-refractivity contribution in [3.05, 3.63) is 0 Å². The van der Waals surface area contributed by atoms with Crippen LogP contribution in [0.25, 0.3) is 0 Å². The molecule has 0 saturated heterocycles. The van der Waals surface area contributed by atoms with Crippen molar-refractivity contribution in [3.8, 4) is 0 Å². The third-order valence-corrected chi connectivity index (χ3v) is 1.28. The minimum absolute atomic E-state index is 0.773. The number of nitrogens with one attached hydrogen (secondary N) is 1. The fourth-order valence-corrected chi connectivity index (χ4v) is 0.642. The summed E-state index contributed by atoms with van der Waals surface area (Å²) in [5.41, 5.74) is 0. The maximum absolute atomic E-state index is 5.12. The third-order valence-electron chi connectivity index (χ3n) is 0.907. The molecule has 0 aliphatic carbocycles. The minimum atomic E-state index is 0.773. The van der Waals surface area contributed by atoms with Crippen molar-refractivity contribution >= 4 is 12.1 Å². The molecular formula is C5H14N2S. The van der Waals surface area contributed by atoms with Crippen LogP contribution in [0.1, 0.15) is 20.3 Å². The Labute approximate surface area is 55.5 Å². The van der Waals surface area contributed by atoms with Gasteiger partial charge < -0.3 is 0 Å². The standard InChI is InChI=1S/C5H14N2S/c1-5(2)3-4-7-8-6/h5,7H,3-4,6H2,1-2H3. The zero-order chi connectivity index (χ0) is 6.41. The van der Waals surface area contributed by atoms with E-state index in [2.05, 4.69) is 18.6 Å². The summed E-state index contributed by atoms with van der Waals surface area (Å²) < 4.78 is 2.97. The normalized spacial score (nSPS) is 10.5. The molecular weight excluding hydrogens is 120 g/mol. The van der Waals surface area contributed by atoms with Crippen LogP contribution in [0.15, 0.2) is 0 Å². The molecule has 0 spiro atoms. The molecule has 0 aliphatic heterocycles. The predicted octanol–water partition coefficient (Wildman–Crippen LogP) is 1.14. The molecule has 0 radical (unpaired) electrons. The molecule has 2 nitrogen and oxygen atoms in total. The number of rotatable bonds is 4. The summed E-state index contributed by atoms with van der Waals surface area (Å²) in [6.45, 7) is 5.41. The number of hydrogen-bond donors (Lipinski definition) is 2. The molecule has 0 aromatic heterocycles. The van der Waals surface area contributed by atoms with Crippen molar-refractivity contribution in [2.75, 3.05) is 6.54 Å². The largest absolute Gasteiger partial charge is 0.264 e. The van der Waals surface area contributed by atoms with Crippen molar-refractivity contribution in [2.24, 2.45) is 11.1 Å². The molecule has 0 atom stereocenters. The van der Waals surface area contributed by atoms with E-state index in [0.717, 1.165) is 12.5 Å². The lowest BCUT2D eigenvalue weighted by molar-refractivity contribution is 0.585. The zero-order valence-electron chi connectivity index (χ0n) is 5.48. The molecule has 0 aromatic rings. The first kappa shape index (κ1) is 8.27. The van der Waals surface area contributed by atoms with Crippen LogP contribution < -0.4 is 9.86 Å². The number of nitrogens with two attached hydrogens (primary N) is 1. The van der Waals surface area contributed by atoms with E-state index >= 15 is 0 Å². The summed E-state index contributed by atoms with van der Waals surface area (Å²) in [5.74, 6) is 0.773. The first-order valence-corrected chi connectivity index (χ1v) is 3.74. The molecule has 0 heterocycles.